The second kappa shape index (κ2) is 10.9. The van der Waals surface area contributed by atoms with Crippen molar-refractivity contribution < 1.29 is 48.0 Å². The number of hydrogen-bond acceptors (Lipinski definition) is 10. The molecule has 10 aliphatic rings. The maximum atomic E-state index is 6.54. The van der Waals surface area contributed by atoms with Crippen LogP contribution < -0.4 is 0 Å². The largest absolute Gasteiger partial charge is 0.348 e. The molecule has 8 aliphatic heterocycles. The molecule has 0 amide bonds. The van der Waals surface area contributed by atoms with Crippen molar-refractivity contribution in [2.75, 3.05) is 13.2 Å². The summed E-state index contributed by atoms with van der Waals surface area (Å²) in [6.07, 6.45) is 10.3. The van der Waals surface area contributed by atoms with Gasteiger partial charge in [-0.2, -0.15) is 0 Å². The van der Waals surface area contributed by atoms with Gasteiger partial charge in [-0.1, -0.05) is 39.8 Å². The van der Waals surface area contributed by atoms with Crippen molar-refractivity contribution in [1.82, 2.24) is 0 Å². The normalized spacial score (nSPS) is 57.9. The Balaban J connectivity index is 0.888. The van der Waals surface area contributed by atoms with E-state index in [9.17, 15) is 0 Å². The summed E-state index contributed by atoms with van der Waals surface area (Å²) >= 11 is 0. The van der Waals surface area contributed by atoms with Crippen molar-refractivity contribution in [3.05, 3.63) is 12.2 Å². The minimum Gasteiger partial charge on any atom is -0.348 e. The lowest BCUT2D eigenvalue weighted by Crippen LogP contribution is -2.70. The summed E-state index contributed by atoms with van der Waals surface area (Å²) in [5.41, 5.74) is -1.14. The minimum absolute atomic E-state index is 0.148. The van der Waals surface area contributed by atoms with Crippen molar-refractivity contribution in [2.45, 2.75) is 141 Å². The smallest absolute Gasteiger partial charge is 0.201 e. The first-order valence-corrected chi connectivity index (χ1v) is 17.4. The molecular weight excluding hydrogens is 568 g/mol. The molecule has 44 heavy (non-hydrogen) atoms. The Morgan fingerprint density at radius 1 is 0.568 bits per heavy atom. The molecule has 248 valence electrons. The predicted octanol–water partition coefficient (Wildman–Crippen LogP) is 5.99. The van der Waals surface area contributed by atoms with Crippen LogP contribution in [0.1, 0.15) is 92.9 Å². The lowest BCUT2D eigenvalue weighted by molar-refractivity contribution is -0.577. The van der Waals surface area contributed by atoms with E-state index in [-0.39, 0.29) is 36.3 Å². The van der Waals surface area contributed by atoms with Crippen molar-refractivity contribution in [2.24, 2.45) is 47.3 Å². The van der Waals surface area contributed by atoms with Gasteiger partial charge < -0.3 is 28.4 Å². The Hall–Kier alpha value is -0.660. The van der Waals surface area contributed by atoms with Gasteiger partial charge in [-0.15, -0.1) is 0 Å². The highest BCUT2D eigenvalue weighted by Gasteiger charge is 2.71. The van der Waals surface area contributed by atoms with Crippen LogP contribution in [-0.4, -0.2) is 61.2 Å². The second-order valence-electron chi connectivity index (χ2n) is 15.7. The average molecular weight is 621 g/mol. The van der Waals surface area contributed by atoms with Gasteiger partial charge in [0.25, 0.3) is 0 Å². The molecule has 0 aromatic rings. The molecule has 16 atom stereocenters. The Labute approximate surface area is 261 Å². The van der Waals surface area contributed by atoms with E-state index in [0.29, 0.717) is 36.9 Å². The summed E-state index contributed by atoms with van der Waals surface area (Å²) in [5.74, 6) is 0.985. The first kappa shape index (κ1) is 30.7. The standard InChI is InChI=1S/C34H52O10/c1-19-9-11-25-21(3)27(37-29-33(25)23(19)13-15-31(5,39-29)41-43-33)35-17-7-8-18-36-28-22(4)26-12-10-20(2)24-14-16-32(6)40-30(38-28)34(24,26)44-42-32/h7-8,19-30H,9-18H2,1-6H3/b8-7+/t19-,20-,21-,22-,23?,24?,25?,26?,27+,28+,29-,30-,31-,32-,33-,34-/m1/s1. The van der Waals surface area contributed by atoms with E-state index in [1.54, 1.807) is 0 Å². The van der Waals surface area contributed by atoms with Crippen molar-refractivity contribution >= 4 is 0 Å². The van der Waals surface area contributed by atoms with Gasteiger partial charge in [0.1, 0.15) is 0 Å². The molecule has 0 N–H and O–H groups in total. The minimum atomic E-state index is -0.785. The summed E-state index contributed by atoms with van der Waals surface area (Å²) in [6, 6.07) is 0. The van der Waals surface area contributed by atoms with E-state index in [1.165, 1.54) is 12.8 Å². The first-order valence-electron chi connectivity index (χ1n) is 17.4. The van der Waals surface area contributed by atoms with E-state index in [1.807, 2.05) is 26.0 Å². The third-order valence-corrected chi connectivity index (χ3v) is 13.1. The van der Waals surface area contributed by atoms with Crippen LogP contribution in [-0.2, 0) is 48.0 Å². The molecule has 10 nitrogen and oxygen atoms in total. The van der Waals surface area contributed by atoms with E-state index in [0.717, 1.165) is 38.5 Å². The predicted molar refractivity (Wildman–Crippen MR) is 155 cm³/mol. The van der Waals surface area contributed by atoms with Crippen LogP contribution in [0, 0.1) is 47.3 Å². The molecule has 10 heteroatoms. The molecular formula is C34H52O10. The van der Waals surface area contributed by atoms with E-state index in [2.05, 4.69) is 27.7 Å². The van der Waals surface area contributed by atoms with E-state index < -0.39 is 35.4 Å². The van der Waals surface area contributed by atoms with Crippen LogP contribution in [0.4, 0.5) is 0 Å². The Morgan fingerprint density at radius 2 is 1.00 bits per heavy atom. The third kappa shape index (κ3) is 4.49. The quantitative estimate of drug-likeness (QED) is 0.260. The molecule has 4 unspecified atom stereocenters. The number of fused-ring (bicyclic) bond motifs is 4. The summed E-state index contributed by atoms with van der Waals surface area (Å²) in [7, 11) is 0. The maximum Gasteiger partial charge on any atom is 0.201 e. The molecule has 4 bridgehead atoms. The van der Waals surface area contributed by atoms with Crippen molar-refractivity contribution in [3.8, 4) is 0 Å². The topological polar surface area (TPSA) is 92.3 Å². The Bertz CT molecular complexity index is 1040. The molecule has 10 rings (SSSR count). The second-order valence-corrected chi connectivity index (χ2v) is 15.7. The molecule has 10 fully saturated rings. The zero-order chi connectivity index (χ0) is 30.5. The maximum absolute atomic E-state index is 6.54. The molecule has 2 aliphatic carbocycles. The van der Waals surface area contributed by atoms with Gasteiger partial charge in [0.2, 0.25) is 11.6 Å². The summed E-state index contributed by atoms with van der Waals surface area (Å²) in [4.78, 5) is 24.4. The first-order chi connectivity index (χ1) is 21.1. The van der Waals surface area contributed by atoms with Gasteiger partial charge in [-0.05, 0) is 76.0 Å². The molecule has 0 aromatic carbocycles. The summed E-state index contributed by atoms with van der Waals surface area (Å²) in [6.45, 7) is 13.8. The number of hydrogen-bond donors (Lipinski definition) is 0. The average Bonchev–Trinajstić information content (AvgIpc) is 3.37. The highest BCUT2D eigenvalue weighted by molar-refractivity contribution is 5.10. The lowest BCUT2D eigenvalue weighted by atomic mass is 9.58. The van der Waals surface area contributed by atoms with Gasteiger partial charge in [-0.3, -0.25) is 0 Å². The van der Waals surface area contributed by atoms with Crippen LogP contribution in [0.5, 0.6) is 0 Å². The third-order valence-electron chi connectivity index (χ3n) is 13.1. The van der Waals surface area contributed by atoms with Crippen LogP contribution in [0.15, 0.2) is 12.2 Å². The monoisotopic (exact) mass is 620 g/mol. The lowest BCUT2D eigenvalue weighted by Gasteiger charge is -2.60. The van der Waals surface area contributed by atoms with E-state index >= 15 is 0 Å². The zero-order valence-corrected chi connectivity index (χ0v) is 27.2. The summed E-state index contributed by atoms with van der Waals surface area (Å²) < 4.78 is 38.6. The van der Waals surface area contributed by atoms with Crippen LogP contribution in [0.25, 0.3) is 0 Å². The molecule has 8 heterocycles. The highest BCUT2D eigenvalue weighted by atomic mass is 17.3. The van der Waals surface area contributed by atoms with Crippen LogP contribution in [0.3, 0.4) is 0 Å². The van der Waals surface area contributed by atoms with Gasteiger partial charge in [0, 0.05) is 36.5 Å². The fraction of sp³-hybridized carbons (Fsp3) is 0.941. The molecule has 2 saturated carbocycles. The molecule has 8 saturated heterocycles. The van der Waals surface area contributed by atoms with Crippen LogP contribution in [0.2, 0.25) is 0 Å². The summed E-state index contributed by atoms with van der Waals surface area (Å²) in [5, 5.41) is 0. The SMILES string of the molecule is C[C@@H]1CCC2[C@@H](C)[C@@H](OC/C=C/CO[C@H]3O[C@@H]4O[C@@]5(C)CCC6[C@H](C)CCC([C@H]3C)[C@]64OO5)O[C@@H]3O[C@@]4(C)CCC1[C@@]23OO4. The van der Waals surface area contributed by atoms with Crippen molar-refractivity contribution in [3.63, 3.8) is 0 Å². The van der Waals surface area contributed by atoms with Gasteiger partial charge in [0.05, 0.1) is 13.2 Å². The fourth-order valence-electron chi connectivity index (χ4n) is 10.6. The van der Waals surface area contributed by atoms with Crippen molar-refractivity contribution in [1.29, 1.82) is 0 Å². The number of ether oxygens (including phenoxy) is 6. The van der Waals surface area contributed by atoms with Crippen LogP contribution >= 0.6 is 0 Å². The van der Waals surface area contributed by atoms with E-state index in [4.69, 9.17) is 48.0 Å². The molecule has 0 radical (unpaired) electrons. The van der Waals surface area contributed by atoms with Gasteiger partial charge >= 0.3 is 0 Å². The Morgan fingerprint density at radius 3 is 1.43 bits per heavy atom. The fourth-order valence-corrected chi connectivity index (χ4v) is 10.6. The highest BCUT2D eigenvalue weighted by Crippen LogP contribution is 2.62. The molecule has 2 spiro atoms. The zero-order valence-electron chi connectivity index (χ0n) is 27.2. The molecule has 0 aromatic heterocycles. The van der Waals surface area contributed by atoms with Gasteiger partial charge in [0.15, 0.2) is 36.4 Å². The number of rotatable bonds is 6. The Kier molecular flexibility index (Phi) is 7.62. The van der Waals surface area contributed by atoms with Gasteiger partial charge in [-0.25, -0.2) is 19.6 Å².